The number of hydrogen-bond acceptors (Lipinski definition) is 2. The Balaban J connectivity index is 1.76. The summed E-state index contributed by atoms with van der Waals surface area (Å²) in [5.41, 5.74) is 2.10. The maximum Gasteiger partial charge on any atom is 0.243 e. The molecule has 3 rings (SSSR count). The van der Waals surface area contributed by atoms with Gasteiger partial charge in [-0.15, -0.1) is 0 Å². The molecule has 1 amide bonds. The van der Waals surface area contributed by atoms with E-state index in [0.717, 1.165) is 36.7 Å². The first-order valence-corrected chi connectivity index (χ1v) is 7.64. The number of aryl methyl sites for hydroxylation is 1. The van der Waals surface area contributed by atoms with Gasteiger partial charge >= 0.3 is 0 Å². The molecule has 1 atom stereocenters. The monoisotopic (exact) mass is 316 g/mol. The number of amides is 1. The largest absolute Gasteiger partial charge is 0.359 e. The lowest BCUT2D eigenvalue weighted by atomic mass is 9.96. The van der Waals surface area contributed by atoms with Crippen molar-refractivity contribution >= 4 is 17.3 Å². The van der Waals surface area contributed by atoms with Gasteiger partial charge in [-0.05, 0) is 43.5 Å². The van der Waals surface area contributed by atoms with Crippen LogP contribution >= 0.6 is 0 Å². The van der Waals surface area contributed by atoms with Crippen LogP contribution in [0, 0.1) is 11.6 Å². The topological polar surface area (TPSA) is 32.3 Å². The number of fused-ring (bicyclic) bond motifs is 1. The molecule has 0 spiro atoms. The molecule has 0 bridgehead atoms. The second-order valence-electron chi connectivity index (χ2n) is 5.82. The summed E-state index contributed by atoms with van der Waals surface area (Å²) in [6.07, 6.45) is 1.94. The third-order valence-corrected chi connectivity index (χ3v) is 4.18. The number of nitrogens with one attached hydrogen (secondary N) is 1. The van der Waals surface area contributed by atoms with Crippen LogP contribution in [0.3, 0.4) is 0 Å². The van der Waals surface area contributed by atoms with Gasteiger partial charge in [-0.3, -0.25) is 4.79 Å². The van der Waals surface area contributed by atoms with Gasteiger partial charge in [-0.25, -0.2) is 8.78 Å². The maximum atomic E-state index is 13.6. The van der Waals surface area contributed by atoms with E-state index in [4.69, 9.17) is 0 Å². The number of para-hydroxylation sites is 1. The van der Waals surface area contributed by atoms with E-state index in [1.807, 2.05) is 23.1 Å². The first-order chi connectivity index (χ1) is 11.0. The van der Waals surface area contributed by atoms with E-state index in [0.29, 0.717) is 0 Å². The fourth-order valence-electron chi connectivity index (χ4n) is 2.94. The van der Waals surface area contributed by atoms with Gasteiger partial charge in [-0.1, -0.05) is 18.2 Å². The summed E-state index contributed by atoms with van der Waals surface area (Å²) < 4.78 is 26.8. The highest BCUT2D eigenvalue weighted by Crippen LogP contribution is 2.30. The van der Waals surface area contributed by atoms with Crippen molar-refractivity contribution in [2.75, 3.05) is 16.8 Å². The van der Waals surface area contributed by atoms with Gasteiger partial charge in [0, 0.05) is 17.8 Å². The number of hydrogen-bond donors (Lipinski definition) is 1. The summed E-state index contributed by atoms with van der Waals surface area (Å²) in [6, 6.07) is 11.2. The predicted octanol–water partition coefficient (Wildman–Crippen LogP) is 3.74. The summed E-state index contributed by atoms with van der Waals surface area (Å²) >= 11 is 0. The molecular weight excluding hydrogens is 298 g/mol. The number of anilines is 2. The third-order valence-electron chi connectivity index (χ3n) is 4.18. The van der Waals surface area contributed by atoms with Crippen LogP contribution in [-0.4, -0.2) is 18.5 Å². The molecule has 120 valence electrons. The van der Waals surface area contributed by atoms with E-state index in [1.165, 1.54) is 5.56 Å². The average molecular weight is 316 g/mol. The molecule has 1 unspecified atom stereocenters. The number of nitrogens with zero attached hydrogens (tertiary/aromatic N) is 1. The van der Waals surface area contributed by atoms with Gasteiger partial charge in [0.15, 0.2) is 0 Å². The Hall–Kier alpha value is -2.43. The van der Waals surface area contributed by atoms with E-state index < -0.39 is 11.6 Å². The molecule has 3 nitrogen and oxygen atoms in total. The molecule has 1 aliphatic heterocycles. The number of halogens is 2. The molecular formula is C18H18F2N2O. The Morgan fingerprint density at radius 1 is 1.26 bits per heavy atom. The summed E-state index contributed by atoms with van der Waals surface area (Å²) in [6.45, 7) is 2.17. The van der Waals surface area contributed by atoms with E-state index in [2.05, 4.69) is 18.3 Å². The number of benzene rings is 2. The van der Waals surface area contributed by atoms with Crippen molar-refractivity contribution in [3.05, 3.63) is 59.7 Å². The Morgan fingerprint density at radius 2 is 2.04 bits per heavy atom. The molecule has 1 aliphatic rings. The van der Waals surface area contributed by atoms with Crippen molar-refractivity contribution in [2.45, 2.75) is 25.8 Å². The van der Waals surface area contributed by atoms with Crippen molar-refractivity contribution in [2.24, 2.45) is 0 Å². The van der Waals surface area contributed by atoms with E-state index in [1.54, 1.807) is 0 Å². The first-order valence-electron chi connectivity index (χ1n) is 7.64. The Morgan fingerprint density at radius 3 is 2.87 bits per heavy atom. The van der Waals surface area contributed by atoms with Crippen molar-refractivity contribution < 1.29 is 13.6 Å². The molecule has 2 aromatic carbocycles. The highest BCUT2D eigenvalue weighted by molar-refractivity contribution is 5.94. The Bertz CT molecular complexity index is 733. The summed E-state index contributed by atoms with van der Waals surface area (Å²) in [4.78, 5) is 14.3. The number of rotatable bonds is 3. The SMILES string of the molecule is CC1CCc2ccccc2N1CC(=O)Nc1cc(F)ccc1F. The molecule has 0 saturated heterocycles. The second-order valence-corrected chi connectivity index (χ2v) is 5.82. The van der Waals surface area contributed by atoms with E-state index in [9.17, 15) is 13.6 Å². The fourth-order valence-corrected chi connectivity index (χ4v) is 2.94. The molecule has 2 aromatic rings. The van der Waals surface area contributed by atoms with E-state index >= 15 is 0 Å². The smallest absolute Gasteiger partial charge is 0.243 e. The maximum absolute atomic E-state index is 13.6. The molecule has 0 fully saturated rings. The van der Waals surface area contributed by atoms with Gasteiger partial charge in [0.2, 0.25) is 5.91 Å². The van der Waals surface area contributed by atoms with E-state index in [-0.39, 0.29) is 24.2 Å². The van der Waals surface area contributed by atoms with Gasteiger partial charge < -0.3 is 10.2 Å². The van der Waals surface area contributed by atoms with Crippen LogP contribution in [0.5, 0.6) is 0 Å². The lowest BCUT2D eigenvalue weighted by molar-refractivity contribution is -0.115. The van der Waals surface area contributed by atoms with Crippen LogP contribution < -0.4 is 10.2 Å². The first kappa shape index (κ1) is 15.5. The highest BCUT2D eigenvalue weighted by atomic mass is 19.1. The second kappa shape index (κ2) is 6.36. The third kappa shape index (κ3) is 3.33. The predicted molar refractivity (Wildman–Crippen MR) is 86.6 cm³/mol. The molecule has 23 heavy (non-hydrogen) atoms. The summed E-state index contributed by atoms with van der Waals surface area (Å²) in [5, 5.41) is 2.45. The van der Waals surface area contributed by atoms with Gasteiger partial charge in [-0.2, -0.15) is 0 Å². The molecule has 1 heterocycles. The van der Waals surface area contributed by atoms with Crippen molar-refractivity contribution in [1.29, 1.82) is 0 Å². The van der Waals surface area contributed by atoms with Crippen LogP contribution in [0.15, 0.2) is 42.5 Å². The molecule has 0 aliphatic carbocycles. The minimum Gasteiger partial charge on any atom is -0.359 e. The standard InChI is InChI=1S/C18H18F2N2O/c1-12-6-7-13-4-2-3-5-17(13)22(12)11-18(23)21-16-10-14(19)8-9-15(16)20/h2-5,8-10,12H,6-7,11H2,1H3,(H,21,23). The van der Waals surface area contributed by atoms with Gasteiger partial charge in [0.25, 0.3) is 0 Å². The molecule has 0 aromatic heterocycles. The lowest BCUT2D eigenvalue weighted by Gasteiger charge is -2.36. The number of carbonyl (C=O) groups excluding carboxylic acids is 1. The number of carbonyl (C=O) groups is 1. The Kier molecular flexibility index (Phi) is 4.28. The molecule has 0 saturated carbocycles. The van der Waals surface area contributed by atoms with Crippen LogP contribution in [0.4, 0.5) is 20.2 Å². The highest BCUT2D eigenvalue weighted by Gasteiger charge is 2.24. The Labute approximate surface area is 133 Å². The molecule has 1 N–H and O–H groups in total. The van der Waals surface area contributed by atoms with Crippen LogP contribution in [0.1, 0.15) is 18.9 Å². The van der Waals surface area contributed by atoms with Crippen molar-refractivity contribution in [1.82, 2.24) is 0 Å². The lowest BCUT2D eigenvalue weighted by Crippen LogP contribution is -2.42. The van der Waals surface area contributed by atoms with Gasteiger partial charge in [0.1, 0.15) is 11.6 Å². The average Bonchev–Trinajstić information content (AvgIpc) is 2.54. The van der Waals surface area contributed by atoms with Crippen LogP contribution in [0.25, 0.3) is 0 Å². The van der Waals surface area contributed by atoms with Crippen LogP contribution in [-0.2, 0) is 11.2 Å². The van der Waals surface area contributed by atoms with Crippen molar-refractivity contribution in [3.63, 3.8) is 0 Å². The zero-order chi connectivity index (χ0) is 16.4. The zero-order valence-corrected chi connectivity index (χ0v) is 12.9. The minimum absolute atomic E-state index is 0.105. The minimum atomic E-state index is -0.646. The molecule has 0 radical (unpaired) electrons. The quantitative estimate of drug-likeness (QED) is 0.935. The normalized spacial score (nSPS) is 16.8. The van der Waals surface area contributed by atoms with Crippen molar-refractivity contribution in [3.8, 4) is 0 Å². The fraction of sp³-hybridized carbons (Fsp3) is 0.278. The van der Waals surface area contributed by atoms with Gasteiger partial charge in [0.05, 0.1) is 12.2 Å². The molecule has 5 heteroatoms. The zero-order valence-electron chi connectivity index (χ0n) is 12.9. The van der Waals surface area contributed by atoms with Crippen LogP contribution in [0.2, 0.25) is 0 Å². The summed E-state index contributed by atoms with van der Waals surface area (Å²) in [5.74, 6) is -1.59. The summed E-state index contributed by atoms with van der Waals surface area (Å²) in [7, 11) is 0.